The Morgan fingerprint density at radius 2 is 2.38 bits per heavy atom. The van der Waals surface area contributed by atoms with Gasteiger partial charge in [-0.15, -0.1) is 0 Å². The Hall–Kier alpha value is -2.74. The van der Waals surface area contributed by atoms with Gasteiger partial charge < -0.3 is 14.7 Å². The molecule has 0 saturated carbocycles. The van der Waals surface area contributed by atoms with Gasteiger partial charge in [0.2, 0.25) is 5.91 Å². The number of carbonyl (C=O) groups excluding carboxylic acids is 1. The number of aryl methyl sites for hydroxylation is 1. The van der Waals surface area contributed by atoms with Crippen LogP contribution in [0, 0.1) is 6.92 Å². The first-order chi connectivity index (χ1) is 12.7. The molecular weight excluding hydrogens is 350 g/mol. The number of anilines is 1. The normalized spacial score (nSPS) is 16.8. The summed E-state index contributed by atoms with van der Waals surface area (Å²) in [4.78, 5) is 23.2. The van der Waals surface area contributed by atoms with E-state index >= 15 is 0 Å². The van der Waals surface area contributed by atoms with E-state index in [-0.39, 0.29) is 11.9 Å². The van der Waals surface area contributed by atoms with Crippen molar-refractivity contribution in [2.45, 2.75) is 25.8 Å². The van der Waals surface area contributed by atoms with E-state index in [2.05, 4.69) is 25.3 Å². The van der Waals surface area contributed by atoms with Gasteiger partial charge in [-0.05, 0) is 47.9 Å². The molecule has 26 heavy (non-hydrogen) atoms. The number of thiophene rings is 1. The van der Waals surface area contributed by atoms with E-state index in [0.717, 1.165) is 29.9 Å². The molecule has 8 heteroatoms. The van der Waals surface area contributed by atoms with E-state index in [1.807, 2.05) is 29.0 Å². The predicted molar refractivity (Wildman–Crippen MR) is 99.0 cm³/mol. The SMILES string of the molecule is Cc1noc(-c2cccnc2N2CCC(NC(=O)Cc3ccsc3)C2)n1. The van der Waals surface area contributed by atoms with Gasteiger partial charge in [-0.3, -0.25) is 4.79 Å². The molecule has 7 nitrogen and oxygen atoms in total. The average molecular weight is 369 g/mol. The maximum Gasteiger partial charge on any atom is 0.261 e. The Balaban J connectivity index is 1.43. The van der Waals surface area contributed by atoms with Gasteiger partial charge in [0.05, 0.1) is 12.0 Å². The minimum absolute atomic E-state index is 0.0593. The molecule has 0 bridgehead atoms. The highest BCUT2D eigenvalue weighted by atomic mass is 32.1. The zero-order valence-electron chi connectivity index (χ0n) is 14.4. The molecule has 1 fully saturated rings. The fourth-order valence-corrected chi connectivity index (χ4v) is 3.82. The molecule has 3 aromatic heterocycles. The van der Waals surface area contributed by atoms with Gasteiger partial charge in [-0.2, -0.15) is 16.3 Å². The number of aromatic nitrogens is 3. The van der Waals surface area contributed by atoms with Crippen LogP contribution in [-0.2, 0) is 11.2 Å². The molecule has 1 unspecified atom stereocenters. The van der Waals surface area contributed by atoms with Crippen molar-refractivity contribution in [3.8, 4) is 11.5 Å². The molecule has 1 saturated heterocycles. The molecule has 0 aromatic carbocycles. The fourth-order valence-electron chi connectivity index (χ4n) is 3.15. The van der Waals surface area contributed by atoms with Crippen LogP contribution in [-0.4, -0.2) is 40.2 Å². The zero-order chi connectivity index (χ0) is 17.9. The number of nitrogens with one attached hydrogen (secondary N) is 1. The van der Waals surface area contributed by atoms with Crippen LogP contribution < -0.4 is 10.2 Å². The number of nitrogens with zero attached hydrogens (tertiary/aromatic N) is 4. The Morgan fingerprint density at radius 3 is 3.15 bits per heavy atom. The van der Waals surface area contributed by atoms with Gasteiger partial charge in [-0.1, -0.05) is 5.16 Å². The summed E-state index contributed by atoms with van der Waals surface area (Å²) < 4.78 is 5.30. The second-order valence-corrected chi connectivity index (χ2v) is 7.11. The molecule has 1 atom stereocenters. The number of rotatable bonds is 5. The van der Waals surface area contributed by atoms with Crippen LogP contribution in [0.15, 0.2) is 39.7 Å². The first-order valence-electron chi connectivity index (χ1n) is 8.50. The third-order valence-electron chi connectivity index (χ3n) is 4.34. The number of pyridine rings is 1. The standard InChI is InChI=1S/C18H19N5O2S/c1-12-20-18(25-22-12)15-3-2-6-19-17(15)23-7-4-14(10-23)21-16(24)9-13-5-8-26-11-13/h2-3,5-6,8,11,14H,4,7,9-10H2,1H3,(H,21,24). The molecule has 1 amide bonds. The summed E-state index contributed by atoms with van der Waals surface area (Å²) in [5, 5.41) is 11.0. The van der Waals surface area contributed by atoms with Crippen LogP contribution in [0.2, 0.25) is 0 Å². The highest BCUT2D eigenvalue weighted by molar-refractivity contribution is 7.08. The summed E-state index contributed by atoms with van der Waals surface area (Å²) >= 11 is 1.61. The number of carbonyl (C=O) groups is 1. The van der Waals surface area contributed by atoms with Crippen LogP contribution in [0.4, 0.5) is 5.82 Å². The Labute approximate surface area is 155 Å². The molecular formula is C18H19N5O2S. The van der Waals surface area contributed by atoms with Crippen LogP contribution in [0.1, 0.15) is 17.8 Å². The van der Waals surface area contributed by atoms with E-state index in [1.54, 1.807) is 24.5 Å². The molecule has 0 radical (unpaired) electrons. The minimum atomic E-state index is 0.0593. The third-order valence-corrected chi connectivity index (χ3v) is 5.07. The van der Waals surface area contributed by atoms with Crippen molar-refractivity contribution in [1.82, 2.24) is 20.4 Å². The average Bonchev–Trinajstić information content (AvgIpc) is 3.37. The van der Waals surface area contributed by atoms with Gasteiger partial charge in [0.1, 0.15) is 5.82 Å². The lowest BCUT2D eigenvalue weighted by molar-refractivity contribution is -0.121. The summed E-state index contributed by atoms with van der Waals surface area (Å²) in [7, 11) is 0. The molecule has 4 rings (SSSR count). The van der Waals surface area contributed by atoms with Crippen molar-refractivity contribution in [3.63, 3.8) is 0 Å². The van der Waals surface area contributed by atoms with E-state index in [1.165, 1.54) is 0 Å². The van der Waals surface area contributed by atoms with Gasteiger partial charge in [0.25, 0.3) is 5.89 Å². The Kier molecular flexibility index (Phi) is 4.66. The van der Waals surface area contributed by atoms with Crippen LogP contribution in [0.25, 0.3) is 11.5 Å². The molecule has 1 N–H and O–H groups in total. The van der Waals surface area contributed by atoms with Crippen molar-refractivity contribution in [2.24, 2.45) is 0 Å². The van der Waals surface area contributed by atoms with Gasteiger partial charge >= 0.3 is 0 Å². The van der Waals surface area contributed by atoms with Crippen LogP contribution >= 0.6 is 11.3 Å². The molecule has 1 aliphatic rings. The summed E-state index contributed by atoms with van der Waals surface area (Å²) in [5.74, 6) is 1.93. The third kappa shape index (κ3) is 3.60. The lowest BCUT2D eigenvalue weighted by atomic mass is 10.2. The molecule has 3 aromatic rings. The second-order valence-electron chi connectivity index (χ2n) is 6.33. The molecule has 4 heterocycles. The fraction of sp³-hybridized carbons (Fsp3) is 0.333. The number of hydrogen-bond acceptors (Lipinski definition) is 7. The van der Waals surface area contributed by atoms with Crippen LogP contribution in [0.5, 0.6) is 0 Å². The van der Waals surface area contributed by atoms with E-state index in [9.17, 15) is 4.79 Å². The number of hydrogen-bond donors (Lipinski definition) is 1. The largest absolute Gasteiger partial charge is 0.354 e. The molecule has 134 valence electrons. The smallest absolute Gasteiger partial charge is 0.261 e. The van der Waals surface area contributed by atoms with Gasteiger partial charge in [-0.25, -0.2) is 4.98 Å². The highest BCUT2D eigenvalue weighted by Crippen LogP contribution is 2.29. The molecule has 1 aliphatic heterocycles. The van der Waals surface area contributed by atoms with Gasteiger partial charge in [0, 0.05) is 25.3 Å². The predicted octanol–water partition coefficient (Wildman–Crippen LogP) is 2.44. The van der Waals surface area contributed by atoms with E-state index in [0.29, 0.717) is 24.7 Å². The first-order valence-corrected chi connectivity index (χ1v) is 9.44. The van der Waals surface area contributed by atoms with Crippen LogP contribution in [0.3, 0.4) is 0 Å². The van der Waals surface area contributed by atoms with Gasteiger partial charge in [0.15, 0.2) is 5.82 Å². The first kappa shape index (κ1) is 16.7. The van der Waals surface area contributed by atoms with Crippen molar-refractivity contribution in [3.05, 3.63) is 46.5 Å². The Bertz CT molecular complexity index is 893. The Morgan fingerprint density at radius 1 is 1.46 bits per heavy atom. The zero-order valence-corrected chi connectivity index (χ0v) is 15.2. The minimum Gasteiger partial charge on any atom is -0.354 e. The maximum absolute atomic E-state index is 12.2. The van der Waals surface area contributed by atoms with Crippen molar-refractivity contribution < 1.29 is 9.32 Å². The summed E-state index contributed by atoms with van der Waals surface area (Å²) in [5.41, 5.74) is 1.87. The summed E-state index contributed by atoms with van der Waals surface area (Å²) in [6.07, 6.45) is 3.06. The highest BCUT2D eigenvalue weighted by Gasteiger charge is 2.27. The quantitative estimate of drug-likeness (QED) is 0.744. The monoisotopic (exact) mass is 369 g/mol. The van der Waals surface area contributed by atoms with Crippen molar-refractivity contribution >= 4 is 23.1 Å². The van der Waals surface area contributed by atoms with Crippen molar-refractivity contribution in [1.29, 1.82) is 0 Å². The lowest BCUT2D eigenvalue weighted by Crippen LogP contribution is -2.38. The maximum atomic E-state index is 12.2. The lowest BCUT2D eigenvalue weighted by Gasteiger charge is -2.19. The van der Waals surface area contributed by atoms with Crippen molar-refractivity contribution in [2.75, 3.05) is 18.0 Å². The number of amides is 1. The molecule has 0 spiro atoms. The second kappa shape index (κ2) is 7.25. The topological polar surface area (TPSA) is 84.2 Å². The van der Waals surface area contributed by atoms with E-state index in [4.69, 9.17) is 4.52 Å². The summed E-state index contributed by atoms with van der Waals surface area (Å²) in [6, 6.07) is 5.88. The molecule has 0 aliphatic carbocycles. The summed E-state index contributed by atoms with van der Waals surface area (Å²) in [6.45, 7) is 3.32. The van der Waals surface area contributed by atoms with E-state index < -0.39 is 0 Å².